The predicted molar refractivity (Wildman–Crippen MR) is 117 cm³/mol. The first-order chi connectivity index (χ1) is 15.0. The van der Waals surface area contributed by atoms with Gasteiger partial charge in [-0.15, -0.1) is 4.31 Å². The van der Waals surface area contributed by atoms with E-state index in [1.807, 2.05) is 22.5 Å². The van der Waals surface area contributed by atoms with Crippen molar-refractivity contribution in [3.05, 3.63) is 65.9 Å². The van der Waals surface area contributed by atoms with E-state index >= 15 is 0 Å². The van der Waals surface area contributed by atoms with Crippen LogP contribution in [0.3, 0.4) is 0 Å². The lowest BCUT2D eigenvalue weighted by Crippen LogP contribution is -2.50. The van der Waals surface area contributed by atoms with Crippen molar-refractivity contribution in [2.75, 3.05) is 32.4 Å². The summed E-state index contributed by atoms with van der Waals surface area (Å²) in [6, 6.07) is 16.2. The minimum absolute atomic E-state index is 0.0579. The highest BCUT2D eigenvalue weighted by molar-refractivity contribution is 7.88. The molecule has 1 unspecified atom stereocenters. The van der Waals surface area contributed by atoms with Crippen molar-refractivity contribution >= 4 is 17.3 Å². The molecule has 0 aliphatic carbocycles. The number of amides is 1. The Bertz CT molecular complexity index is 1100. The molecule has 0 bridgehead atoms. The summed E-state index contributed by atoms with van der Waals surface area (Å²) in [4.78, 5) is 14.8. The highest BCUT2D eigenvalue weighted by Gasteiger charge is 2.26. The van der Waals surface area contributed by atoms with Gasteiger partial charge in [-0.1, -0.05) is 12.1 Å². The number of carbonyl (C=O) groups is 1. The number of nitrogens with zero attached hydrogens (tertiary/aromatic N) is 4. The second kappa shape index (κ2) is 9.22. The molecular formula is C22H21N5O3S. The Labute approximate surface area is 183 Å². The summed E-state index contributed by atoms with van der Waals surface area (Å²) < 4.78 is 19.4. The van der Waals surface area contributed by atoms with Gasteiger partial charge in [-0.05, 0) is 36.4 Å². The Balaban J connectivity index is 1.51. The quantitative estimate of drug-likeness (QED) is 0.618. The third-order valence-corrected chi connectivity index (χ3v) is 6.20. The van der Waals surface area contributed by atoms with Gasteiger partial charge in [0.05, 0.1) is 30.9 Å². The maximum absolute atomic E-state index is 13.0. The van der Waals surface area contributed by atoms with E-state index in [0.29, 0.717) is 54.5 Å². The number of hydrogen-bond donors (Lipinski definition) is 1. The molecule has 1 N–H and O–H groups in total. The maximum atomic E-state index is 13.0. The van der Waals surface area contributed by atoms with Crippen molar-refractivity contribution in [1.29, 1.82) is 5.26 Å². The zero-order valence-corrected chi connectivity index (χ0v) is 17.8. The van der Waals surface area contributed by atoms with Crippen LogP contribution in [0, 0.1) is 11.3 Å². The molecule has 9 heteroatoms. The molecule has 3 aromatic rings. The first-order valence-electron chi connectivity index (χ1n) is 9.75. The van der Waals surface area contributed by atoms with Gasteiger partial charge in [0.2, 0.25) is 0 Å². The van der Waals surface area contributed by atoms with Crippen LogP contribution in [-0.2, 0) is 11.4 Å². The van der Waals surface area contributed by atoms with E-state index in [-0.39, 0.29) is 5.91 Å². The monoisotopic (exact) mass is 435 g/mol. The van der Waals surface area contributed by atoms with E-state index in [9.17, 15) is 9.35 Å². The number of piperazine rings is 1. The molecule has 1 saturated heterocycles. The van der Waals surface area contributed by atoms with Crippen LogP contribution in [-0.4, -0.2) is 62.3 Å². The fourth-order valence-corrected chi connectivity index (χ4v) is 4.10. The van der Waals surface area contributed by atoms with Crippen molar-refractivity contribution in [1.82, 2.24) is 19.4 Å². The van der Waals surface area contributed by atoms with Gasteiger partial charge in [0.15, 0.2) is 5.75 Å². The van der Waals surface area contributed by atoms with Gasteiger partial charge >= 0.3 is 0 Å². The highest BCUT2D eigenvalue weighted by Crippen LogP contribution is 2.32. The van der Waals surface area contributed by atoms with E-state index in [2.05, 4.69) is 16.3 Å². The Kier molecular flexibility index (Phi) is 6.23. The van der Waals surface area contributed by atoms with Crippen molar-refractivity contribution in [3.8, 4) is 28.8 Å². The van der Waals surface area contributed by atoms with Crippen LogP contribution < -0.4 is 4.74 Å². The molecule has 31 heavy (non-hydrogen) atoms. The number of aromatic amines is 1. The molecule has 1 amide bonds. The van der Waals surface area contributed by atoms with Crippen LogP contribution in [0.5, 0.6) is 11.5 Å². The van der Waals surface area contributed by atoms with Gasteiger partial charge in [-0.3, -0.25) is 9.89 Å². The average Bonchev–Trinajstić information content (AvgIpc) is 3.27. The lowest BCUT2D eigenvalue weighted by Gasteiger charge is -2.33. The van der Waals surface area contributed by atoms with Crippen LogP contribution in [0.1, 0.15) is 15.9 Å². The fourth-order valence-electron chi connectivity index (χ4n) is 3.42. The number of nitrogens with one attached hydrogen (secondary N) is 1. The highest BCUT2D eigenvalue weighted by atomic mass is 32.2. The number of carbonyl (C=O) groups excluding carboxylic acids is 1. The van der Waals surface area contributed by atoms with Crippen molar-refractivity contribution in [2.24, 2.45) is 0 Å². The summed E-state index contributed by atoms with van der Waals surface area (Å²) >= 11 is -1.02. The molecule has 4 rings (SSSR count). The average molecular weight is 436 g/mol. The van der Waals surface area contributed by atoms with Gasteiger partial charge in [-0.2, -0.15) is 10.4 Å². The summed E-state index contributed by atoms with van der Waals surface area (Å²) in [5, 5.41) is 15.9. The second-order valence-electron chi connectivity index (χ2n) is 7.07. The standard InChI is InChI=1S/C22H21N5O3S/c1-31(29)27-11-9-26(10-12-27)22(28)18-4-2-3-17(13-18)21-20(15-24-25-21)30-19-7-5-16(14-23)6-8-19/h2-8,13,15H,9-12H2,1H3,(H,24,25). The van der Waals surface area contributed by atoms with Gasteiger partial charge < -0.3 is 14.2 Å². The van der Waals surface area contributed by atoms with E-state index in [0.717, 1.165) is 5.56 Å². The van der Waals surface area contributed by atoms with Crippen molar-refractivity contribution in [2.45, 2.75) is 0 Å². The molecule has 0 radical (unpaired) electrons. The van der Waals surface area contributed by atoms with Crippen LogP contribution in [0.25, 0.3) is 11.3 Å². The molecule has 0 saturated carbocycles. The fraction of sp³-hybridized carbons (Fsp3) is 0.227. The number of H-pyrrole nitrogens is 1. The van der Waals surface area contributed by atoms with Crippen LogP contribution in [0.4, 0.5) is 0 Å². The van der Waals surface area contributed by atoms with E-state index in [1.165, 1.54) is 0 Å². The molecule has 2 heterocycles. The normalized spacial score (nSPS) is 15.3. The lowest BCUT2D eigenvalue weighted by atomic mass is 10.1. The summed E-state index contributed by atoms with van der Waals surface area (Å²) in [5.74, 6) is 1.05. The Morgan fingerprint density at radius 1 is 1.19 bits per heavy atom. The summed E-state index contributed by atoms with van der Waals surface area (Å²) in [7, 11) is 0. The molecular weight excluding hydrogens is 414 g/mol. The smallest absolute Gasteiger partial charge is 0.253 e. The van der Waals surface area contributed by atoms with Gasteiger partial charge in [-0.25, -0.2) is 0 Å². The zero-order chi connectivity index (χ0) is 21.8. The molecule has 158 valence electrons. The number of rotatable bonds is 5. The predicted octanol–water partition coefficient (Wildman–Crippen LogP) is 2.79. The SMILES string of the molecule is C[S+]([O-])N1CCN(C(=O)c2cccc(-c3[nH]ncc3Oc3ccc(C#N)cc3)c2)CC1. The first-order valence-corrected chi connectivity index (χ1v) is 11.3. The zero-order valence-electron chi connectivity index (χ0n) is 16.9. The van der Waals surface area contributed by atoms with Crippen molar-refractivity contribution in [3.63, 3.8) is 0 Å². The van der Waals surface area contributed by atoms with E-state index < -0.39 is 11.4 Å². The number of ether oxygens (including phenoxy) is 1. The maximum Gasteiger partial charge on any atom is 0.253 e. The Morgan fingerprint density at radius 3 is 2.61 bits per heavy atom. The lowest BCUT2D eigenvalue weighted by molar-refractivity contribution is 0.0698. The molecule has 1 fully saturated rings. The van der Waals surface area contributed by atoms with Gasteiger partial charge in [0.25, 0.3) is 5.91 Å². The molecule has 0 spiro atoms. The molecule has 1 aromatic heterocycles. The van der Waals surface area contributed by atoms with E-state index in [1.54, 1.807) is 47.7 Å². The van der Waals surface area contributed by atoms with Crippen LogP contribution in [0.15, 0.2) is 54.7 Å². The molecule has 8 nitrogen and oxygen atoms in total. The first kappa shape index (κ1) is 20.9. The van der Waals surface area contributed by atoms with Gasteiger partial charge in [0.1, 0.15) is 17.7 Å². The minimum atomic E-state index is -1.02. The topological polar surface area (TPSA) is 108 Å². The van der Waals surface area contributed by atoms with Crippen LogP contribution >= 0.6 is 0 Å². The Hall–Kier alpha value is -3.32. The molecule has 1 atom stereocenters. The molecule has 2 aromatic carbocycles. The van der Waals surface area contributed by atoms with E-state index in [4.69, 9.17) is 10.00 Å². The summed E-state index contributed by atoms with van der Waals surface area (Å²) in [6.07, 6.45) is 3.23. The molecule has 1 aliphatic rings. The third-order valence-electron chi connectivity index (χ3n) is 5.10. The van der Waals surface area contributed by atoms with Gasteiger partial charge in [0, 0.05) is 35.6 Å². The molecule has 1 aliphatic heterocycles. The number of hydrogen-bond acceptors (Lipinski definition) is 6. The van der Waals surface area contributed by atoms with Crippen LogP contribution in [0.2, 0.25) is 0 Å². The summed E-state index contributed by atoms with van der Waals surface area (Å²) in [5.41, 5.74) is 2.56. The largest absolute Gasteiger partial charge is 0.598 e. The summed E-state index contributed by atoms with van der Waals surface area (Å²) in [6.45, 7) is 2.27. The van der Waals surface area contributed by atoms with Crippen molar-refractivity contribution < 1.29 is 14.1 Å². The number of aromatic nitrogens is 2. The minimum Gasteiger partial charge on any atom is -0.598 e. The third kappa shape index (κ3) is 4.72. The Morgan fingerprint density at radius 2 is 1.94 bits per heavy atom. The number of nitriles is 1. The number of benzene rings is 2. The second-order valence-corrected chi connectivity index (χ2v) is 8.44.